The fourth-order valence-corrected chi connectivity index (χ4v) is 5.01. The van der Waals surface area contributed by atoms with Crippen molar-refractivity contribution < 1.29 is 14.3 Å². The molecular weight excluding hydrogens is 340 g/mol. The highest BCUT2D eigenvalue weighted by molar-refractivity contribution is 5.94. The molecule has 1 saturated carbocycles. The first-order valence-electron chi connectivity index (χ1n) is 10.3. The molecule has 0 N–H and O–H groups in total. The highest BCUT2D eigenvalue weighted by Gasteiger charge is 2.51. The smallest absolute Gasteiger partial charge is 0.253 e. The third-order valence-corrected chi connectivity index (χ3v) is 6.78. The van der Waals surface area contributed by atoms with Crippen LogP contribution >= 0.6 is 0 Å². The Kier molecular flexibility index (Phi) is 5.22. The maximum absolute atomic E-state index is 13.0. The Balaban J connectivity index is 1.39. The van der Waals surface area contributed by atoms with E-state index < -0.39 is 0 Å². The summed E-state index contributed by atoms with van der Waals surface area (Å²) in [4.78, 5) is 29.5. The molecule has 2 aliphatic heterocycles. The second kappa shape index (κ2) is 7.63. The van der Waals surface area contributed by atoms with Crippen LogP contribution in [-0.2, 0) is 9.53 Å². The monoisotopic (exact) mass is 370 g/mol. The maximum atomic E-state index is 13.0. The van der Waals surface area contributed by atoms with Gasteiger partial charge in [0.15, 0.2) is 0 Å². The number of nitrogens with zero attached hydrogens (tertiary/aromatic N) is 2. The molecule has 1 unspecified atom stereocenters. The van der Waals surface area contributed by atoms with Crippen LogP contribution in [0.1, 0.15) is 48.0 Å². The van der Waals surface area contributed by atoms with Gasteiger partial charge in [-0.15, -0.1) is 0 Å². The van der Waals surface area contributed by atoms with Gasteiger partial charge in [0.05, 0.1) is 13.2 Å². The normalized spacial score (nSPS) is 24.1. The molecule has 1 aliphatic carbocycles. The predicted octanol–water partition coefficient (Wildman–Crippen LogP) is 2.88. The molecule has 3 fully saturated rings. The average molecular weight is 370 g/mol. The van der Waals surface area contributed by atoms with Gasteiger partial charge in [0.25, 0.3) is 5.91 Å². The third-order valence-electron chi connectivity index (χ3n) is 6.78. The molecule has 2 saturated heterocycles. The minimum atomic E-state index is 0.145. The molecule has 4 rings (SSSR count). The van der Waals surface area contributed by atoms with Crippen molar-refractivity contribution in [1.82, 2.24) is 9.80 Å². The summed E-state index contributed by atoms with van der Waals surface area (Å²) in [7, 11) is 0. The van der Waals surface area contributed by atoms with Gasteiger partial charge in [-0.1, -0.05) is 24.1 Å². The lowest BCUT2D eigenvalue weighted by Gasteiger charge is -2.43. The molecule has 0 bridgehead atoms. The number of likely N-dealkylation sites (tertiary alicyclic amines) is 1. The molecule has 5 nitrogen and oxygen atoms in total. The third kappa shape index (κ3) is 3.75. The largest absolute Gasteiger partial charge is 0.378 e. The van der Waals surface area contributed by atoms with E-state index >= 15 is 0 Å². The average Bonchev–Trinajstić information content (AvgIpc) is 3.06. The number of hydrogen-bond donors (Lipinski definition) is 0. The zero-order valence-electron chi connectivity index (χ0n) is 16.3. The van der Waals surface area contributed by atoms with E-state index in [4.69, 9.17) is 4.74 Å². The van der Waals surface area contributed by atoms with E-state index in [2.05, 4.69) is 0 Å². The van der Waals surface area contributed by atoms with Gasteiger partial charge in [0.1, 0.15) is 0 Å². The Bertz CT molecular complexity index is 707. The molecule has 1 atom stereocenters. The van der Waals surface area contributed by atoms with E-state index in [1.165, 1.54) is 19.3 Å². The Labute approximate surface area is 161 Å². The summed E-state index contributed by atoms with van der Waals surface area (Å²) in [6, 6.07) is 7.87. The summed E-state index contributed by atoms with van der Waals surface area (Å²) in [6.07, 6.45) is 5.13. The standard InChI is InChI=1S/C22H30N2O3/c1-17-4-2-5-18(14-17)21(26)24-15-19(22(16-24)8-3-9-22)6-7-20(25)23-10-12-27-13-11-23/h2,4-5,14,19H,3,6-13,15-16H2,1H3. The van der Waals surface area contributed by atoms with E-state index in [0.29, 0.717) is 38.6 Å². The van der Waals surface area contributed by atoms with E-state index in [0.717, 1.165) is 30.6 Å². The summed E-state index contributed by atoms with van der Waals surface area (Å²) < 4.78 is 5.34. The van der Waals surface area contributed by atoms with Crippen molar-refractivity contribution in [1.29, 1.82) is 0 Å². The number of ether oxygens (including phenoxy) is 1. The lowest BCUT2D eigenvalue weighted by molar-refractivity contribution is -0.135. The molecule has 27 heavy (non-hydrogen) atoms. The Morgan fingerprint density at radius 3 is 2.63 bits per heavy atom. The fraction of sp³-hybridized carbons (Fsp3) is 0.636. The molecule has 2 amide bonds. The molecule has 0 radical (unpaired) electrons. The van der Waals surface area contributed by atoms with Crippen LogP contribution in [0.2, 0.25) is 0 Å². The molecule has 1 spiro atoms. The van der Waals surface area contributed by atoms with Gasteiger partial charge in [-0.05, 0) is 49.7 Å². The summed E-state index contributed by atoms with van der Waals surface area (Å²) in [5, 5.41) is 0. The molecule has 5 heteroatoms. The van der Waals surface area contributed by atoms with E-state index in [9.17, 15) is 9.59 Å². The van der Waals surface area contributed by atoms with Gasteiger partial charge in [-0.3, -0.25) is 9.59 Å². The molecular formula is C22H30N2O3. The van der Waals surface area contributed by atoms with Crippen LogP contribution in [0, 0.1) is 18.3 Å². The van der Waals surface area contributed by atoms with Crippen LogP contribution in [0.4, 0.5) is 0 Å². The number of morpholine rings is 1. The van der Waals surface area contributed by atoms with Crippen LogP contribution in [-0.4, -0.2) is 61.0 Å². The number of benzene rings is 1. The first-order chi connectivity index (χ1) is 13.1. The molecule has 1 aromatic carbocycles. The van der Waals surface area contributed by atoms with Crippen molar-refractivity contribution in [2.45, 2.75) is 39.0 Å². The van der Waals surface area contributed by atoms with Crippen molar-refractivity contribution in [3.63, 3.8) is 0 Å². The molecule has 2 heterocycles. The van der Waals surface area contributed by atoms with Crippen molar-refractivity contribution in [3.8, 4) is 0 Å². The van der Waals surface area contributed by atoms with E-state index in [1.807, 2.05) is 41.0 Å². The quantitative estimate of drug-likeness (QED) is 0.819. The first-order valence-corrected chi connectivity index (χ1v) is 10.3. The summed E-state index contributed by atoms with van der Waals surface area (Å²) in [5.74, 6) is 0.841. The highest BCUT2D eigenvalue weighted by atomic mass is 16.5. The van der Waals surface area contributed by atoms with Crippen LogP contribution in [0.15, 0.2) is 24.3 Å². The SMILES string of the molecule is Cc1cccc(C(=O)N2CC(CCC(=O)N3CCOCC3)C3(CCC3)C2)c1. The van der Waals surface area contributed by atoms with Gasteiger partial charge in [0, 0.05) is 38.2 Å². The highest BCUT2D eigenvalue weighted by Crippen LogP contribution is 2.53. The Morgan fingerprint density at radius 2 is 1.96 bits per heavy atom. The van der Waals surface area contributed by atoms with Gasteiger partial charge in [-0.25, -0.2) is 0 Å². The van der Waals surface area contributed by atoms with E-state index in [-0.39, 0.29) is 17.2 Å². The van der Waals surface area contributed by atoms with Gasteiger partial charge >= 0.3 is 0 Å². The molecule has 3 aliphatic rings. The van der Waals surface area contributed by atoms with Crippen molar-refractivity contribution >= 4 is 11.8 Å². The summed E-state index contributed by atoms with van der Waals surface area (Å²) in [6.45, 7) is 6.41. The van der Waals surface area contributed by atoms with Crippen LogP contribution < -0.4 is 0 Å². The zero-order chi connectivity index (χ0) is 18.9. The minimum Gasteiger partial charge on any atom is -0.378 e. The number of carbonyl (C=O) groups is 2. The lowest BCUT2D eigenvalue weighted by Crippen LogP contribution is -2.42. The van der Waals surface area contributed by atoms with Crippen LogP contribution in [0.25, 0.3) is 0 Å². The van der Waals surface area contributed by atoms with Crippen molar-refractivity contribution in [3.05, 3.63) is 35.4 Å². The van der Waals surface area contributed by atoms with Crippen LogP contribution in [0.5, 0.6) is 0 Å². The first kappa shape index (κ1) is 18.5. The Hall–Kier alpha value is -1.88. The number of aryl methyl sites for hydroxylation is 1. The van der Waals surface area contributed by atoms with Gasteiger partial charge < -0.3 is 14.5 Å². The van der Waals surface area contributed by atoms with Gasteiger partial charge in [0.2, 0.25) is 5.91 Å². The molecule has 0 aromatic heterocycles. The van der Waals surface area contributed by atoms with Crippen molar-refractivity contribution in [2.24, 2.45) is 11.3 Å². The number of amides is 2. The minimum absolute atomic E-state index is 0.145. The number of hydrogen-bond acceptors (Lipinski definition) is 3. The number of carbonyl (C=O) groups excluding carboxylic acids is 2. The number of rotatable bonds is 4. The van der Waals surface area contributed by atoms with Gasteiger partial charge in [-0.2, -0.15) is 0 Å². The lowest BCUT2D eigenvalue weighted by atomic mass is 9.62. The molecule has 1 aromatic rings. The predicted molar refractivity (Wildman–Crippen MR) is 103 cm³/mol. The van der Waals surface area contributed by atoms with E-state index in [1.54, 1.807) is 0 Å². The summed E-state index contributed by atoms with van der Waals surface area (Å²) in [5.41, 5.74) is 2.16. The molecule has 146 valence electrons. The Morgan fingerprint density at radius 1 is 1.19 bits per heavy atom. The second-order valence-corrected chi connectivity index (χ2v) is 8.50. The fourth-order valence-electron chi connectivity index (χ4n) is 5.01. The van der Waals surface area contributed by atoms with Crippen LogP contribution in [0.3, 0.4) is 0 Å². The zero-order valence-corrected chi connectivity index (χ0v) is 16.3. The van der Waals surface area contributed by atoms with Crippen molar-refractivity contribution in [2.75, 3.05) is 39.4 Å². The summed E-state index contributed by atoms with van der Waals surface area (Å²) >= 11 is 0. The maximum Gasteiger partial charge on any atom is 0.253 e. The topological polar surface area (TPSA) is 49.9 Å². The second-order valence-electron chi connectivity index (χ2n) is 8.50.